The Morgan fingerprint density at radius 1 is 0.969 bits per heavy atom. The van der Waals surface area contributed by atoms with Crippen LogP contribution >= 0.6 is 11.3 Å². The molecule has 5 nitrogen and oxygen atoms in total. The molecule has 0 aliphatic heterocycles. The van der Waals surface area contributed by atoms with Crippen LogP contribution in [0.4, 0.5) is 5.69 Å². The van der Waals surface area contributed by atoms with Gasteiger partial charge in [-0.2, -0.15) is 0 Å². The van der Waals surface area contributed by atoms with Gasteiger partial charge in [0.1, 0.15) is 5.69 Å². The average molecular weight is 444 g/mol. The molecule has 0 saturated heterocycles. The molecule has 2 aromatic heterocycles. The maximum absolute atomic E-state index is 13.2. The van der Waals surface area contributed by atoms with Gasteiger partial charge < -0.3 is 5.32 Å². The highest BCUT2D eigenvalue weighted by Crippen LogP contribution is 2.28. The number of nitrogens with zero attached hydrogens (tertiary/aromatic N) is 2. The van der Waals surface area contributed by atoms with Gasteiger partial charge in [-0.05, 0) is 41.8 Å². The molecule has 2 aromatic carbocycles. The molecule has 1 N–H and O–H groups in total. The summed E-state index contributed by atoms with van der Waals surface area (Å²) in [4.78, 5) is 28.0. The van der Waals surface area contributed by atoms with Crippen LogP contribution in [0.3, 0.4) is 0 Å². The minimum Gasteiger partial charge on any atom is -0.316 e. The van der Waals surface area contributed by atoms with Crippen molar-refractivity contribution in [3.05, 3.63) is 99.8 Å². The van der Waals surface area contributed by atoms with Crippen LogP contribution in [0.1, 0.15) is 30.3 Å². The van der Waals surface area contributed by atoms with Crippen molar-refractivity contribution in [2.45, 2.75) is 19.8 Å². The molecule has 0 aliphatic carbocycles. The minimum atomic E-state index is -0.329. The molecule has 0 spiro atoms. The number of benzene rings is 2. The third-order valence-electron chi connectivity index (χ3n) is 5.19. The Hall–Kier alpha value is -3.64. The van der Waals surface area contributed by atoms with E-state index in [0.717, 1.165) is 26.7 Å². The van der Waals surface area contributed by atoms with Crippen molar-refractivity contribution in [2.75, 3.05) is 5.32 Å². The number of thiophene rings is 1. The maximum atomic E-state index is 13.2. The highest BCUT2D eigenvalue weighted by atomic mass is 32.1. The first kappa shape index (κ1) is 21.6. The Morgan fingerprint density at radius 2 is 1.62 bits per heavy atom. The summed E-state index contributed by atoms with van der Waals surface area (Å²) < 4.78 is 3.40. The molecule has 4 aromatic rings. The Kier molecular flexibility index (Phi) is 6.23. The first-order valence-electron chi connectivity index (χ1n) is 10.5. The van der Waals surface area contributed by atoms with Crippen LogP contribution in [0.15, 0.2) is 83.7 Å². The van der Waals surface area contributed by atoms with Gasteiger partial charge in [-0.3, -0.25) is 14.3 Å². The highest BCUT2D eigenvalue weighted by Gasteiger charge is 2.22. The topological polar surface area (TPSA) is 56.0 Å². The quantitative estimate of drug-likeness (QED) is 0.390. The number of hydrogen-bond donors (Lipinski definition) is 1. The smallest absolute Gasteiger partial charge is 0.295 e. The second kappa shape index (κ2) is 9.24. The molecule has 0 aliphatic rings. The van der Waals surface area contributed by atoms with Crippen LogP contribution in [0.25, 0.3) is 22.2 Å². The number of aromatic nitrogens is 2. The lowest BCUT2D eigenvalue weighted by Gasteiger charge is -2.12. The van der Waals surface area contributed by atoms with E-state index in [9.17, 15) is 9.59 Å². The van der Waals surface area contributed by atoms with E-state index in [1.165, 1.54) is 6.08 Å². The third-order valence-corrected chi connectivity index (χ3v) is 6.29. The van der Waals surface area contributed by atoms with E-state index >= 15 is 0 Å². The van der Waals surface area contributed by atoms with Crippen LogP contribution in [-0.2, 0) is 11.8 Å². The van der Waals surface area contributed by atoms with E-state index < -0.39 is 0 Å². The van der Waals surface area contributed by atoms with E-state index in [0.29, 0.717) is 5.69 Å². The number of anilines is 1. The molecule has 0 unspecified atom stereocenters. The van der Waals surface area contributed by atoms with Crippen LogP contribution in [-0.4, -0.2) is 15.3 Å². The number of para-hydroxylation sites is 1. The maximum Gasteiger partial charge on any atom is 0.295 e. The van der Waals surface area contributed by atoms with Crippen molar-refractivity contribution in [3.63, 3.8) is 0 Å². The zero-order valence-corrected chi connectivity index (χ0v) is 19.1. The Morgan fingerprint density at radius 3 is 2.28 bits per heavy atom. The monoisotopic (exact) mass is 443 g/mol. The molecule has 32 heavy (non-hydrogen) atoms. The fourth-order valence-electron chi connectivity index (χ4n) is 3.78. The molecule has 162 valence electrons. The number of rotatable bonds is 6. The molecule has 2 heterocycles. The predicted octanol–water partition coefficient (Wildman–Crippen LogP) is 5.68. The molecular weight excluding hydrogens is 418 g/mol. The van der Waals surface area contributed by atoms with Gasteiger partial charge in [0.15, 0.2) is 0 Å². The number of hydrogen-bond acceptors (Lipinski definition) is 3. The summed E-state index contributed by atoms with van der Waals surface area (Å²) in [6.45, 7) is 4.01. The summed E-state index contributed by atoms with van der Waals surface area (Å²) in [6, 6.07) is 23.6. The summed E-state index contributed by atoms with van der Waals surface area (Å²) in [7, 11) is 1.84. The summed E-state index contributed by atoms with van der Waals surface area (Å²) in [6.07, 6.45) is 3.25. The molecular formula is C26H25N3O2S. The van der Waals surface area contributed by atoms with Gasteiger partial charge in [-0.1, -0.05) is 62.4 Å². The van der Waals surface area contributed by atoms with E-state index in [1.54, 1.807) is 22.1 Å². The number of carbonyl (C=O) groups is 1. The standard InChI is InChI=1S/C26H25N3O2S/c1-18(2)25-24(26(31)29(28(25)3)20-12-8-5-9-13-20)27-23(30)17-15-21-14-16-22(32-21)19-10-6-4-7-11-19/h4-18H,1-3H3,(H,27,30)/b17-15+. The predicted molar refractivity (Wildman–Crippen MR) is 133 cm³/mol. The second-order valence-corrected chi connectivity index (χ2v) is 8.90. The van der Waals surface area contributed by atoms with Gasteiger partial charge in [-0.25, -0.2) is 4.68 Å². The zero-order valence-electron chi connectivity index (χ0n) is 18.3. The van der Waals surface area contributed by atoms with Crippen LogP contribution in [0.5, 0.6) is 0 Å². The van der Waals surface area contributed by atoms with E-state index in [-0.39, 0.29) is 17.4 Å². The number of amides is 1. The van der Waals surface area contributed by atoms with Crippen molar-refractivity contribution in [2.24, 2.45) is 7.05 Å². The van der Waals surface area contributed by atoms with Crippen LogP contribution < -0.4 is 10.9 Å². The molecule has 1 amide bonds. The fraction of sp³-hybridized carbons (Fsp3) is 0.154. The number of nitrogens with one attached hydrogen (secondary N) is 1. The minimum absolute atomic E-state index is 0.0580. The summed E-state index contributed by atoms with van der Waals surface area (Å²) in [5.41, 5.74) is 2.76. The van der Waals surface area contributed by atoms with Crippen molar-refractivity contribution in [1.29, 1.82) is 0 Å². The van der Waals surface area contributed by atoms with Gasteiger partial charge in [0.2, 0.25) is 5.91 Å². The summed E-state index contributed by atoms with van der Waals surface area (Å²) in [5, 5.41) is 2.82. The van der Waals surface area contributed by atoms with Gasteiger partial charge in [0.25, 0.3) is 5.56 Å². The van der Waals surface area contributed by atoms with Gasteiger partial charge in [-0.15, -0.1) is 11.3 Å². The Balaban J connectivity index is 1.58. The highest BCUT2D eigenvalue weighted by molar-refractivity contribution is 7.16. The number of carbonyl (C=O) groups excluding carboxylic acids is 1. The molecule has 4 rings (SSSR count). The zero-order chi connectivity index (χ0) is 22.7. The summed E-state index contributed by atoms with van der Waals surface area (Å²) in [5.74, 6) is -0.271. The SMILES string of the molecule is CC(C)c1c(NC(=O)/C=C/c2ccc(-c3ccccc3)s2)c(=O)n(-c2ccccc2)n1C. The summed E-state index contributed by atoms with van der Waals surface area (Å²) >= 11 is 1.61. The molecule has 6 heteroatoms. The molecule has 0 radical (unpaired) electrons. The normalized spacial score (nSPS) is 11.4. The van der Waals surface area contributed by atoms with E-state index in [1.807, 2.05) is 86.2 Å². The van der Waals surface area contributed by atoms with Gasteiger partial charge in [0.05, 0.1) is 11.4 Å². The largest absolute Gasteiger partial charge is 0.316 e. The van der Waals surface area contributed by atoms with Crippen molar-refractivity contribution < 1.29 is 4.79 Å². The molecule has 0 saturated carbocycles. The van der Waals surface area contributed by atoms with Crippen molar-refractivity contribution in [1.82, 2.24) is 9.36 Å². The first-order chi connectivity index (χ1) is 15.5. The molecule has 0 fully saturated rings. The van der Waals surface area contributed by atoms with E-state index in [4.69, 9.17) is 0 Å². The average Bonchev–Trinajstić information content (AvgIpc) is 3.36. The molecule has 0 atom stereocenters. The van der Waals surface area contributed by atoms with Gasteiger partial charge in [0, 0.05) is 22.9 Å². The Labute approximate surface area is 191 Å². The van der Waals surface area contributed by atoms with Crippen LogP contribution in [0.2, 0.25) is 0 Å². The van der Waals surface area contributed by atoms with Crippen LogP contribution in [0, 0.1) is 0 Å². The fourth-order valence-corrected chi connectivity index (χ4v) is 4.70. The molecule has 0 bridgehead atoms. The van der Waals surface area contributed by atoms with Gasteiger partial charge >= 0.3 is 0 Å². The first-order valence-corrected chi connectivity index (χ1v) is 11.3. The van der Waals surface area contributed by atoms with E-state index in [2.05, 4.69) is 17.4 Å². The third kappa shape index (κ3) is 4.36. The van der Waals surface area contributed by atoms with Crippen molar-refractivity contribution in [3.8, 4) is 16.1 Å². The lowest BCUT2D eigenvalue weighted by molar-refractivity contribution is -0.111. The lowest BCUT2D eigenvalue weighted by atomic mass is 10.1. The lowest BCUT2D eigenvalue weighted by Crippen LogP contribution is -2.22. The van der Waals surface area contributed by atoms with Crippen molar-refractivity contribution >= 4 is 29.0 Å². The second-order valence-electron chi connectivity index (χ2n) is 7.78. The Bertz CT molecular complexity index is 1310.